The molecule has 1 aromatic rings. The third-order valence-corrected chi connectivity index (χ3v) is 5.26. The molecule has 0 unspecified atom stereocenters. The molecule has 0 spiro atoms. The summed E-state index contributed by atoms with van der Waals surface area (Å²) in [6.07, 6.45) is 6.16. The minimum Gasteiger partial charge on any atom is -0.360 e. The van der Waals surface area contributed by atoms with Gasteiger partial charge in [-0.2, -0.15) is 0 Å². The quantitative estimate of drug-likeness (QED) is 0.874. The maximum absolute atomic E-state index is 12.2. The van der Waals surface area contributed by atoms with Gasteiger partial charge in [0, 0.05) is 16.8 Å². The van der Waals surface area contributed by atoms with Crippen LogP contribution < -0.4 is 15.1 Å². The van der Waals surface area contributed by atoms with E-state index in [9.17, 15) is 4.79 Å². The van der Waals surface area contributed by atoms with Crippen molar-refractivity contribution < 1.29 is 9.69 Å². The van der Waals surface area contributed by atoms with Crippen LogP contribution in [0.3, 0.4) is 0 Å². The Morgan fingerprint density at radius 2 is 1.96 bits per heavy atom. The zero-order chi connectivity index (χ0) is 16.1. The molecule has 1 amide bonds. The van der Waals surface area contributed by atoms with E-state index in [0.717, 1.165) is 44.0 Å². The summed E-state index contributed by atoms with van der Waals surface area (Å²) in [4.78, 5) is 16.0. The first kappa shape index (κ1) is 16.6. The van der Waals surface area contributed by atoms with Gasteiger partial charge in [0.2, 0.25) is 0 Å². The summed E-state index contributed by atoms with van der Waals surface area (Å²) in [6, 6.07) is 8.44. The van der Waals surface area contributed by atoms with Gasteiger partial charge in [0.25, 0.3) is 5.91 Å². The molecule has 0 bridgehead atoms. The van der Waals surface area contributed by atoms with Crippen LogP contribution in [0.15, 0.2) is 24.3 Å². The predicted molar refractivity (Wildman–Crippen MR) is 94.2 cm³/mol. The summed E-state index contributed by atoms with van der Waals surface area (Å²) >= 11 is 6.07. The van der Waals surface area contributed by atoms with Crippen molar-refractivity contribution in [2.75, 3.05) is 37.6 Å². The molecule has 1 heterocycles. The molecule has 3 rings (SSSR count). The van der Waals surface area contributed by atoms with Crippen LogP contribution in [0, 0.1) is 0 Å². The van der Waals surface area contributed by atoms with Gasteiger partial charge in [0.15, 0.2) is 6.54 Å². The summed E-state index contributed by atoms with van der Waals surface area (Å²) in [5.74, 6) is 0.225. The standard InChI is InChI=1S/C18H26ClN3O/c19-15-5-4-8-17(13-15)22-11-9-21(10-12-22)14-18(23)20-16-6-2-1-3-7-16/h4-5,8,13,16H,1-3,6-7,9-12,14H2,(H,20,23)/p+1. The maximum atomic E-state index is 12.2. The van der Waals surface area contributed by atoms with Crippen molar-refractivity contribution in [2.45, 2.75) is 38.1 Å². The Labute approximate surface area is 143 Å². The monoisotopic (exact) mass is 336 g/mol. The van der Waals surface area contributed by atoms with E-state index in [4.69, 9.17) is 11.6 Å². The normalized spacial score (nSPS) is 20.5. The number of rotatable bonds is 4. The number of nitrogens with one attached hydrogen (secondary N) is 2. The third-order valence-electron chi connectivity index (χ3n) is 5.02. The number of benzene rings is 1. The Morgan fingerprint density at radius 1 is 1.22 bits per heavy atom. The van der Waals surface area contributed by atoms with Crippen molar-refractivity contribution in [2.24, 2.45) is 0 Å². The first-order valence-electron chi connectivity index (χ1n) is 8.84. The average Bonchev–Trinajstić information content (AvgIpc) is 2.56. The molecule has 0 radical (unpaired) electrons. The SMILES string of the molecule is O=C(C[NH+]1CCN(c2cccc(Cl)c2)CC1)NC1CCCCC1. The third kappa shape index (κ3) is 4.85. The zero-order valence-electron chi connectivity index (χ0n) is 13.7. The molecular formula is C18H27ClN3O+. The van der Waals surface area contributed by atoms with Crippen LogP contribution in [-0.4, -0.2) is 44.7 Å². The van der Waals surface area contributed by atoms with E-state index in [1.165, 1.54) is 29.8 Å². The van der Waals surface area contributed by atoms with Gasteiger partial charge in [-0.05, 0) is 31.0 Å². The first-order chi connectivity index (χ1) is 11.2. The Hall–Kier alpha value is -1.26. The number of nitrogens with zero attached hydrogens (tertiary/aromatic N) is 1. The van der Waals surface area contributed by atoms with Gasteiger partial charge in [-0.15, -0.1) is 0 Å². The molecule has 0 atom stereocenters. The summed E-state index contributed by atoms with van der Waals surface area (Å²) < 4.78 is 0. The minimum absolute atomic E-state index is 0.225. The van der Waals surface area contributed by atoms with Crippen molar-refractivity contribution in [3.8, 4) is 0 Å². The van der Waals surface area contributed by atoms with E-state index in [-0.39, 0.29) is 5.91 Å². The smallest absolute Gasteiger partial charge is 0.275 e. The molecule has 126 valence electrons. The van der Waals surface area contributed by atoms with Gasteiger partial charge in [-0.25, -0.2) is 0 Å². The van der Waals surface area contributed by atoms with Gasteiger partial charge in [0.1, 0.15) is 0 Å². The molecule has 2 fully saturated rings. The van der Waals surface area contributed by atoms with E-state index in [1.54, 1.807) is 0 Å². The maximum Gasteiger partial charge on any atom is 0.275 e. The van der Waals surface area contributed by atoms with Crippen LogP contribution in [0.5, 0.6) is 0 Å². The fourth-order valence-electron chi connectivity index (χ4n) is 3.68. The fraction of sp³-hybridized carbons (Fsp3) is 0.611. The lowest BCUT2D eigenvalue weighted by Crippen LogP contribution is -3.16. The Balaban J connectivity index is 1.42. The Kier molecular flexibility index (Phi) is 5.79. The molecule has 5 heteroatoms. The van der Waals surface area contributed by atoms with Crippen LogP contribution >= 0.6 is 11.6 Å². The second-order valence-electron chi connectivity index (χ2n) is 6.80. The van der Waals surface area contributed by atoms with E-state index in [1.807, 2.05) is 18.2 Å². The highest BCUT2D eigenvalue weighted by Crippen LogP contribution is 2.19. The molecule has 2 N–H and O–H groups in total. The highest BCUT2D eigenvalue weighted by Gasteiger charge is 2.24. The lowest BCUT2D eigenvalue weighted by Gasteiger charge is -2.33. The number of hydrogen-bond acceptors (Lipinski definition) is 2. The van der Waals surface area contributed by atoms with E-state index < -0.39 is 0 Å². The van der Waals surface area contributed by atoms with Crippen molar-refractivity contribution in [1.82, 2.24) is 5.32 Å². The molecule has 0 aromatic heterocycles. The Morgan fingerprint density at radius 3 is 2.65 bits per heavy atom. The molecule has 23 heavy (non-hydrogen) atoms. The van der Waals surface area contributed by atoms with Crippen molar-refractivity contribution in [3.05, 3.63) is 29.3 Å². The minimum atomic E-state index is 0.225. The summed E-state index contributed by atoms with van der Waals surface area (Å²) in [6.45, 7) is 4.58. The highest BCUT2D eigenvalue weighted by molar-refractivity contribution is 6.30. The zero-order valence-corrected chi connectivity index (χ0v) is 14.4. The lowest BCUT2D eigenvalue weighted by atomic mass is 9.95. The second kappa shape index (κ2) is 8.02. The van der Waals surface area contributed by atoms with Crippen molar-refractivity contribution in [1.29, 1.82) is 0 Å². The van der Waals surface area contributed by atoms with Crippen molar-refractivity contribution >= 4 is 23.2 Å². The topological polar surface area (TPSA) is 36.8 Å². The van der Waals surface area contributed by atoms with Gasteiger partial charge in [-0.3, -0.25) is 4.79 Å². The number of amides is 1. The lowest BCUT2D eigenvalue weighted by molar-refractivity contribution is -0.892. The number of quaternary nitrogens is 1. The van der Waals surface area contributed by atoms with Crippen LogP contribution in [0.25, 0.3) is 0 Å². The van der Waals surface area contributed by atoms with Gasteiger partial charge >= 0.3 is 0 Å². The number of carbonyl (C=O) groups is 1. The van der Waals surface area contributed by atoms with Crippen molar-refractivity contribution in [3.63, 3.8) is 0 Å². The van der Waals surface area contributed by atoms with Crippen LogP contribution in [0.2, 0.25) is 5.02 Å². The molecule has 2 aliphatic rings. The largest absolute Gasteiger partial charge is 0.360 e. The number of anilines is 1. The van der Waals surface area contributed by atoms with Crippen LogP contribution in [0.4, 0.5) is 5.69 Å². The first-order valence-corrected chi connectivity index (χ1v) is 9.22. The van der Waals surface area contributed by atoms with Crippen LogP contribution in [-0.2, 0) is 4.79 Å². The van der Waals surface area contributed by atoms with Gasteiger partial charge in [-0.1, -0.05) is 36.9 Å². The Bertz CT molecular complexity index is 523. The summed E-state index contributed by atoms with van der Waals surface area (Å²) in [5.41, 5.74) is 1.18. The molecule has 1 saturated heterocycles. The molecule has 1 aliphatic heterocycles. The van der Waals surface area contributed by atoms with E-state index >= 15 is 0 Å². The number of halogens is 1. The number of carbonyl (C=O) groups excluding carboxylic acids is 1. The molecule has 4 nitrogen and oxygen atoms in total. The molecule has 1 saturated carbocycles. The average molecular weight is 337 g/mol. The number of hydrogen-bond donors (Lipinski definition) is 2. The van der Waals surface area contributed by atoms with Crippen LogP contribution in [0.1, 0.15) is 32.1 Å². The number of piperazine rings is 1. The summed E-state index contributed by atoms with van der Waals surface area (Å²) in [7, 11) is 0. The fourth-order valence-corrected chi connectivity index (χ4v) is 3.87. The second-order valence-corrected chi connectivity index (χ2v) is 7.23. The summed E-state index contributed by atoms with van der Waals surface area (Å²) in [5, 5.41) is 4.01. The van der Waals surface area contributed by atoms with E-state index in [0.29, 0.717) is 12.6 Å². The molecule has 1 aromatic carbocycles. The molecule has 1 aliphatic carbocycles. The highest BCUT2D eigenvalue weighted by atomic mass is 35.5. The van der Waals surface area contributed by atoms with Gasteiger partial charge in [0.05, 0.1) is 26.2 Å². The van der Waals surface area contributed by atoms with Gasteiger partial charge < -0.3 is 15.1 Å². The molecular weight excluding hydrogens is 310 g/mol. The predicted octanol–water partition coefficient (Wildman–Crippen LogP) is 1.49. The van der Waals surface area contributed by atoms with E-state index in [2.05, 4.69) is 16.3 Å².